The average molecular weight is 224 g/mol. The van der Waals surface area contributed by atoms with E-state index >= 15 is 0 Å². The van der Waals surface area contributed by atoms with Gasteiger partial charge in [-0.1, -0.05) is 19.1 Å². The normalized spacial score (nSPS) is 12.6. The van der Waals surface area contributed by atoms with Crippen molar-refractivity contribution in [3.05, 3.63) is 23.8 Å². The third-order valence-corrected chi connectivity index (χ3v) is 2.39. The highest BCUT2D eigenvalue weighted by molar-refractivity contribution is 5.48. The van der Waals surface area contributed by atoms with E-state index in [1.165, 1.54) is 0 Å². The topological polar surface area (TPSA) is 38.7 Å². The molecule has 0 saturated carbocycles. The molecule has 0 heterocycles. The van der Waals surface area contributed by atoms with E-state index in [9.17, 15) is 5.11 Å². The van der Waals surface area contributed by atoms with E-state index in [2.05, 4.69) is 0 Å². The van der Waals surface area contributed by atoms with Crippen LogP contribution in [-0.4, -0.2) is 24.9 Å². The van der Waals surface area contributed by atoms with Crippen molar-refractivity contribution in [2.45, 2.75) is 32.8 Å². The second-order valence-electron chi connectivity index (χ2n) is 4.13. The van der Waals surface area contributed by atoms with Crippen LogP contribution in [0.25, 0.3) is 0 Å². The zero-order valence-corrected chi connectivity index (χ0v) is 10.4. The van der Waals surface area contributed by atoms with E-state index < -0.39 is 0 Å². The predicted octanol–water partition coefficient (Wildman–Crippen LogP) is 2.58. The van der Waals surface area contributed by atoms with Gasteiger partial charge in [-0.15, -0.1) is 0 Å². The summed E-state index contributed by atoms with van der Waals surface area (Å²) in [4.78, 5) is 0. The summed E-state index contributed by atoms with van der Waals surface area (Å²) in [5.41, 5.74) is 0.982. The predicted molar refractivity (Wildman–Crippen MR) is 64.3 cm³/mol. The van der Waals surface area contributed by atoms with Gasteiger partial charge in [-0.05, 0) is 19.9 Å². The molecule has 0 fully saturated rings. The van der Waals surface area contributed by atoms with E-state index in [-0.39, 0.29) is 18.6 Å². The first-order chi connectivity index (χ1) is 7.60. The Bertz CT molecular complexity index is 334. The number of benzene rings is 1. The summed E-state index contributed by atoms with van der Waals surface area (Å²) in [5.74, 6) is 1.50. The van der Waals surface area contributed by atoms with Gasteiger partial charge in [0, 0.05) is 18.1 Å². The maximum atomic E-state index is 9.21. The fraction of sp³-hybridized carbons (Fsp3) is 0.538. The molecule has 3 nitrogen and oxygen atoms in total. The molecule has 1 aromatic carbocycles. The van der Waals surface area contributed by atoms with Crippen LogP contribution in [0, 0.1) is 0 Å². The summed E-state index contributed by atoms with van der Waals surface area (Å²) in [5, 5.41) is 9.21. The third kappa shape index (κ3) is 2.89. The Morgan fingerprint density at radius 1 is 1.25 bits per heavy atom. The minimum Gasteiger partial charge on any atom is -0.493 e. The quantitative estimate of drug-likeness (QED) is 0.835. The van der Waals surface area contributed by atoms with Gasteiger partial charge in [0.15, 0.2) is 11.5 Å². The van der Waals surface area contributed by atoms with Gasteiger partial charge in [0.05, 0.1) is 13.2 Å². The number of hydrogen-bond acceptors (Lipinski definition) is 3. The summed E-state index contributed by atoms with van der Waals surface area (Å²) in [6.07, 6.45) is 0.0842. The number of para-hydroxylation sites is 1. The fourth-order valence-electron chi connectivity index (χ4n) is 1.54. The number of ether oxygens (including phenoxy) is 2. The summed E-state index contributed by atoms with van der Waals surface area (Å²) >= 11 is 0. The zero-order valence-electron chi connectivity index (χ0n) is 10.4. The lowest BCUT2D eigenvalue weighted by Crippen LogP contribution is -2.11. The first-order valence-electron chi connectivity index (χ1n) is 5.54. The Morgan fingerprint density at radius 2 is 1.94 bits per heavy atom. The van der Waals surface area contributed by atoms with Crippen LogP contribution in [0.3, 0.4) is 0 Å². The molecule has 1 aromatic rings. The average Bonchev–Trinajstić information content (AvgIpc) is 2.27. The number of aliphatic hydroxyl groups excluding tert-OH is 1. The van der Waals surface area contributed by atoms with Crippen LogP contribution in [0.15, 0.2) is 18.2 Å². The van der Waals surface area contributed by atoms with E-state index in [1.54, 1.807) is 7.11 Å². The Morgan fingerprint density at radius 3 is 2.44 bits per heavy atom. The van der Waals surface area contributed by atoms with Crippen molar-refractivity contribution in [1.29, 1.82) is 0 Å². The molecule has 0 amide bonds. The molecule has 90 valence electrons. The van der Waals surface area contributed by atoms with Crippen LogP contribution in [-0.2, 0) is 0 Å². The molecule has 0 saturated heterocycles. The monoisotopic (exact) mass is 224 g/mol. The van der Waals surface area contributed by atoms with E-state index in [0.29, 0.717) is 5.75 Å². The van der Waals surface area contributed by atoms with Crippen molar-refractivity contribution in [3.8, 4) is 11.5 Å². The van der Waals surface area contributed by atoms with Crippen LogP contribution in [0.5, 0.6) is 11.5 Å². The van der Waals surface area contributed by atoms with Gasteiger partial charge in [0.2, 0.25) is 0 Å². The van der Waals surface area contributed by atoms with Gasteiger partial charge in [0.1, 0.15) is 0 Å². The third-order valence-electron chi connectivity index (χ3n) is 2.39. The molecule has 0 bridgehead atoms. The van der Waals surface area contributed by atoms with Crippen molar-refractivity contribution in [3.63, 3.8) is 0 Å². The highest BCUT2D eigenvalue weighted by Crippen LogP contribution is 2.36. The lowest BCUT2D eigenvalue weighted by atomic mass is 10.0. The van der Waals surface area contributed by atoms with Crippen LogP contribution in [0.1, 0.15) is 32.3 Å². The summed E-state index contributed by atoms with van der Waals surface area (Å²) < 4.78 is 11.0. The molecule has 0 radical (unpaired) electrons. The Balaban J connectivity index is 3.14. The summed E-state index contributed by atoms with van der Waals surface area (Å²) in [6.45, 7) is 6.00. The van der Waals surface area contributed by atoms with Crippen LogP contribution >= 0.6 is 0 Å². The molecule has 0 aliphatic heterocycles. The highest BCUT2D eigenvalue weighted by atomic mass is 16.5. The van der Waals surface area contributed by atoms with Gasteiger partial charge in [0.25, 0.3) is 0 Å². The smallest absolute Gasteiger partial charge is 0.165 e. The molecule has 0 aliphatic rings. The lowest BCUT2D eigenvalue weighted by molar-refractivity contribution is 0.220. The number of methoxy groups -OCH3 is 1. The van der Waals surface area contributed by atoms with Crippen molar-refractivity contribution >= 4 is 0 Å². The largest absolute Gasteiger partial charge is 0.493 e. The second kappa shape index (κ2) is 5.75. The minimum absolute atomic E-state index is 0.0452. The fourth-order valence-corrected chi connectivity index (χ4v) is 1.54. The van der Waals surface area contributed by atoms with E-state index in [4.69, 9.17) is 9.47 Å². The molecule has 0 aliphatic carbocycles. The molecule has 1 atom stereocenters. The molecule has 16 heavy (non-hydrogen) atoms. The number of aliphatic hydroxyl groups is 1. The maximum Gasteiger partial charge on any atom is 0.165 e. The van der Waals surface area contributed by atoms with Crippen molar-refractivity contribution < 1.29 is 14.6 Å². The van der Waals surface area contributed by atoms with Gasteiger partial charge in [-0.2, -0.15) is 0 Å². The Labute approximate surface area is 97.0 Å². The van der Waals surface area contributed by atoms with E-state index in [0.717, 1.165) is 11.3 Å². The lowest BCUT2D eigenvalue weighted by Gasteiger charge is -2.19. The van der Waals surface area contributed by atoms with Gasteiger partial charge < -0.3 is 14.6 Å². The molecule has 1 rings (SSSR count). The highest BCUT2D eigenvalue weighted by Gasteiger charge is 2.16. The van der Waals surface area contributed by atoms with Gasteiger partial charge >= 0.3 is 0 Å². The summed E-state index contributed by atoms with van der Waals surface area (Å²) in [6, 6.07) is 5.74. The van der Waals surface area contributed by atoms with Crippen molar-refractivity contribution in [1.82, 2.24) is 0 Å². The Kier molecular flexibility index (Phi) is 4.62. The number of rotatable bonds is 5. The van der Waals surface area contributed by atoms with Crippen LogP contribution in [0.2, 0.25) is 0 Å². The number of hydrogen-bond donors (Lipinski definition) is 1. The molecule has 0 aromatic heterocycles. The molecule has 3 heteroatoms. The van der Waals surface area contributed by atoms with Crippen molar-refractivity contribution in [2.75, 3.05) is 13.7 Å². The SMILES string of the molecule is COc1cccc(C(C)CO)c1OC(C)C. The first-order valence-corrected chi connectivity index (χ1v) is 5.54. The Hall–Kier alpha value is -1.22. The van der Waals surface area contributed by atoms with Crippen LogP contribution in [0.4, 0.5) is 0 Å². The molecular weight excluding hydrogens is 204 g/mol. The molecule has 1 unspecified atom stereocenters. The second-order valence-corrected chi connectivity index (χ2v) is 4.13. The first kappa shape index (κ1) is 12.8. The maximum absolute atomic E-state index is 9.21. The van der Waals surface area contributed by atoms with E-state index in [1.807, 2.05) is 39.0 Å². The van der Waals surface area contributed by atoms with Crippen molar-refractivity contribution in [2.24, 2.45) is 0 Å². The molecule has 0 spiro atoms. The summed E-state index contributed by atoms with van der Waals surface area (Å²) in [7, 11) is 1.62. The standard InChI is InChI=1S/C13H20O3/c1-9(2)16-13-11(10(3)8-14)6-5-7-12(13)15-4/h5-7,9-10,14H,8H2,1-4H3. The molecule has 1 N–H and O–H groups in total. The van der Waals surface area contributed by atoms with Gasteiger partial charge in [-0.25, -0.2) is 0 Å². The molecular formula is C13H20O3. The van der Waals surface area contributed by atoms with Crippen LogP contribution < -0.4 is 9.47 Å². The minimum atomic E-state index is 0.0452. The van der Waals surface area contributed by atoms with Gasteiger partial charge in [-0.3, -0.25) is 0 Å². The zero-order chi connectivity index (χ0) is 12.1.